The molecule has 2 rings (SSSR count). The third-order valence-electron chi connectivity index (χ3n) is 2.79. The van der Waals surface area contributed by atoms with Crippen LogP contribution in [0.5, 0.6) is 0 Å². The van der Waals surface area contributed by atoms with Crippen LogP contribution in [0.15, 0.2) is 36.5 Å². The molecule has 1 heterocycles. The molecule has 0 aliphatic rings. The first kappa shape index (κ1) is 12.4. The van der Waals surface area contributed by atoms with Crippen molar-refractivity contribution in [2.75, 3.05) is 6.54 Å². The molecular formula is C14H17N3O. The molecule has 1 aromatic heterocycles. The molecule has 1 aromatic carbocycles. The van der Waals surface area contributed by atoms with E-state index in [0.717, 1.165) is 17.8 Å². The fourth-order valence-electron chi connectivity index (χ4n) is 1.80. The lowest BCUT2D eigenvalue weighted by Gasteiger charge is -2.05. The molecule has 2 aromatic rings. The number of hydrogen-bond donors (Lipinski definition) is 1. The molecule has 0 unspecified atom stereocenters. The maximum Gasteiger partial charge on any atom is 0.254 e. The number of carbonyl (C=O) groups is 1. The van der Waals surface area contributed by atoms with E-state index in [1.54, 1.807) is 10.9 Å². The Morgan fingerprint density at radius 2 is 2.06 bits per heavy atom. The van der Waals surface area contributed by atoms with E-state index in [0.29, 0.717) is 12.1 Å². The van der Waals surface area contributed by atoms with Gasteiger partial charge < -0.3 is 5.32 Å². The summed E-state index contributed by atoms with van der Waals surface area (Å²) in [4.78, 5) is 11.9. The second kappa shape index (κ2) is 5.49. The summed E-state index contributed by atoms with van der Waals surface area (Å²) in [6.45, 7) is 4.62. The smallest absolute Gasteiger partial charge is 0.254 e. The highest BCUT2D eigenvalue weighted by atomic mass is 16.1. The Morgan fingerprint density at radius 3 is 2.72 bits per heavy atom. The zero-order chi connectivity index (χ0) is 13.0. The van der Waals surface area contributed by atoms with E-state index in [4.69, 9.17) is 0 Å². The van der Waals surface area contributed by atoms with Crippen molar-refractivity contribution in [3.63, 3.8) is 0 Å². The van der Waals surface area contributed by atoms with E-state index in [-0.39, 0.29) is 5.91 Å². The zero-order valence-corrected chi connectivity index (χ0v) is 10.7. The average molecular weight is 243 g/mol. The molecule has 0 saturated carbocycles. The molecule has 0 atom stereocenters. The summed E-state index contributed by atoms with van der Waals surface area (Å²) in [5, 5.41) is 7.13. The molecule has 94 valence electrons. The van der Waals surface area contributed by atoms with Gasteiger partial charge in [-0.2, -0.15) is 5.10 Å². The molecule has 4 nitrogen and oxygen atoms in total. The molecule has 18 heavy (non-hydrogen) atoms. The fraction of sp³-hybridized carbons (Fsp3) is 0.286. The van der Waals surface area contributed by atoms with E-state index in [9.17, 15) is 4.79 Å². The lowest BCUT2D eigenvalue weighted by molar-refractivity contribution is 0.0953. The van der Waals surface area contributed by atoms with Crippen molar-refractivity contribution < 1.29 is 4.79 Å². The highest BCUT2D eigenvalue weighted by Crippen LogP contribution is 2.13. The molecule has 0 aliphatic carbocycles. The van der Waals surface area contributed by atoms with E-state index in [2.05, 4.69) is 10.4 Å². The van der Waals surface area contributed by atoms with Crippen molar-refractivity contribution >= 4 is 5.91 Å². The summed E-state index contributed by atoms with van der Waals surface area (Å²) in [7, 11) is 0. The van der Waals surface area contributed by atoms with Gasteiger partial charge in [-0.05, 0) is 25.5 Å². The minimum absolute atomic E-state index is 0.0588. The molecule has 0 radical (unpaired) electrons. The number of para-hydroxylation sites is 1. The quantitative estimate of drug-likeness (QED) is 0.895. The number of nitrogens with one attached hydrogen (secondary N) is 1. The second-order valence-corrected chi connectivity index (χ2v) is 4.15. The maximum absolute atomic E-state index is 11.9. The number of carbonyl (C=O) groups excluding carboxylic acids is 1. The van der Waals surface area contributed by atoms with Crippen molar-refractivity contribution in [2.24, 2.45) is 0 Å². The van der Waals surface area contributed by atoms with Gasteiger partial charge in [0, 0.05) is 6.54 Å². The van der Waals surface area contributed by atoms with E-state index < -0.39 is 0 Å². The zero-order valence-electron chi connectivity index (χ0n) is 10.7. The van der Waals surface area contributed by atoms with Crippen molar-refractivity contribution in [1.82, 2.24) is 15.1 Å². The highest BCUT2D eigenvalue weighted by molar-refractivity contribution is 5.95. The first-order chi connectivity index (χ1) is 8.74. The molecule has 0 fully saturated rings. The minimum Gasteiger partial charge on any atom is -0.352 e. The SMILES string of the molecule is CCCNC(=O)c1cnn(-c2ccccc2)c1C. The summed E-state index contributed by atoms with van der Waals surface area (Å²) in [6, 6.07) is 9.79. The predicted molar refractivity (Wildman–Crippen MR) is 70.9 cm³/mol. The summed E-state index contributed by atoms with van der Waals surface area (Å²) in [5.74, 6) is -0.0588. The van der Waals surface area contributed by atoms with Crippen LogP contribution < -0.4 is 5.32 Å². The summed E-state index contributed by atoms with van der Waals surface area (Å²) >= 11 is 0. The predicted octanol–water partition coefficient (Wildman–Crippen LogP) is 2.32. The molecular weight excluding hydrogens is 226 g/mol. The molecule has 1 amide bonds. The number of rotatable bonds is 4. The van der Waals surface area contributed by atoms with Gasteiger partial charge in [-0.15, -0.1) is 0 Å². The molecule has 4 heteroatoms. The van der Waals surface area contributed by atoms with Crippen molar-refractivity contribution in [3.05, 3.63) is 47.8 Å². The Bertz CT molecular complexity index is 531. The molecule has 1 N–H and O–H groups in total. The Hall–Kier alpha value is -2.10. The normalized spacial score (nSPS) is 10.3. The van der Waals surface area contributed by atoms with Gasteiger partial charge in [-0.3, -0.25) is 4.79 Å². The van der Waals surface area contributed by atoms with Crippen LogP contribution in [0, 0.1) is 6.92 Å². The number of benzene rings is 1. The Balaban J connectivity index is 2.27. The van der Waals surface area contributed by atoms with Gasteiger partial charge in [0.1, 0.15) is 0 Å². The summed E-state index contributed by atoms with van der Waals surface area (Å²) < 4.78 is 1.78. The second-order valence-electron chi connectivity index (χ2n) is 4.15. The summed E-state index contributed by atoms with van der Waals surface area (Å²) in [6.07, 6.45) is 2.55. The van der Waals surface area contributed by atoms with Gasteiger partial charge >= 0.3 is 0 Å². The third-order valence-corrected chi connectivity index (χ3v) is 2.79. The van der Waals surface area contributed by atoms with Gasteiger partial charge in [-0.25, -0.2) is 4.68 Å². The van der Waals surface area contributed by atoms with E-state index in [1.807, 2.05) is 44.2 Å². The van der Waals surface area contributed by atoms with Gasteiger partial charge in [0.2, 0.25) is 0 Å². The van der Waals surface area contributed by atoms with Gasteiger partial charge in [0.15, 0.2) is 0 Å². The van der Waals surface area contributed by atoms with Crippen LogP contribution in [0.1, 0.15) is 29.4 Å². The van der Waals surface area contributed by atoms with Crippen LogP contribution in [0.25, 0.3) is 5.69 Å². The lowest BCUT2D eigenvalue weighted by atomic mass is 10.2. The van der Waals surface area contributed by atoms with Crippen LogP contribution in [0.4, 0.5) is 0 Å². The van der Waals surface area contributed by atoms with Gasteiger partial charge in [-0.1, -0.05) is 25.1 Å². The van der Waals surface area contributed by atoms with Gasteiger partial charge in [0.05, 0.1) is 23.1 Å². The lowest BCUT2D eigenvalue weighted by Crippen LogP contribution is -2.24. The average Bonchev–Trinajstić information content (AvgIpc) is 2.79. The van der Waals surface area contributed by atoms with Crippen LogP contribution in [0.2, 0.25) is 0 Å². The topological polar surface area (TPSA) is 46.9 Å². The number of nitrogens with zero attached hydrogens (tertiary/aromatic N) is 2. The minimum atomic E-state index is -0.0588. The van der Waals surface area contributed by atoms with Crippen LogP contribution in [-0.4, -0.2) is 22.2 Å². The largest absolute Gasteiger partial charge is 0.352 e. The monoisotopic (exact) mass is 243 g/mol. The standard InChI is InChI=1S/C14H17N3O/c1-3-9-15-14(18)13-10-16-17(11(13)2)12-7-5-4-6-8-12/h4-8,10H,3,9H2,1-2H3,(H,15,18). The van der Waals surface area contributed by atoms with Crippen LogP contribution in [-0.2, 0) is 0 Å². The van der Waals surface area contributed by atoms with Crippen LogP contribution >= 0.6 is 0 Å². The van der Waals surface area contributed by atoms with Gasteiger partial charge in [0.25, 0.3) is 5.91 Å². The van der Waals surface area contributed by atoms with Crippen molar-refractivity contribution in [1.29, 1.82) is 0 Å². The molecule has 0 bridgehead atoms. The molecule has 0 aliphatic heterocycles. The first-order valence-electron chi connectivity index (χ1n) is 6.12. The van der Waals surface area contributed by atoms with E-state index >= 15 is 0 Å². The molecule has 0 saturated heterocycles. The number of aromatic nitrogens is 2. The van der Waals surface area contributed by atoms with Crippen molar-refractivity contribution in [3.8, 4) is 5.69 Å². The van der Waals surface area contributed by atoms with Crippen molar-refractivity contribution in [2.45, 2.75) is 20.3 Å². The van der Waals surface area contributed by atoms with E-state index in [1.165, 1.54) is 0 Å². The Morgan fingerprint density at radius 1 is 1.33 bits per heavy atom. The summed E-state index contributed by atoms with van der Waals surface area (Å²) in [5.41, 5.74) is 2.45. The Labute approximate surface area is 107 Å². The maximum atomic E-state index is 11.9. The van der Waals surface area contributed by atoms with Crippen LogP contribution in [0.3, 0.4) is 0 Å². The fourth-order valence-corrected chi connectivity index (χ4v) is 1.80. The number of amides is 1. The highest BCUT2D eigenvalue weighted by Gasteiger charge is 2.14. The first-order valence-corrected chi connectivity index (χ1v) is 6.12. The third kappa shape index (κ3) is 2.42. The number of hydrogen-bond acceptors (Lipinski definition) is 2. The molecule has 0 spiro atoms. The Kier molecular flexibility index (Phi) is 3.77.